The summed E-state index contributed by atoms with van der Waals surface area (Å²) >= 11 is 0. The predicted molar refractivity (Wildman–Crippen MR) is 90.6 cm³/mol. The van der Waals surface area contributed by atoms with E-state index in [2.05, 4.69) is 60.9 Å². The van der Waals surface area contributed by atoms with E-state index in [9.17, 15) is 0 Å². The Bertz CT molecular complexity index is 412. The molecule has 0 aromatic heterocycles. The van der Waals surface area contributed by atoms with Crippen molar-refractivity contribution in [1.82, 2.24) is 9.80 Å². The number of nitrogens with two attached hydrogens (primary N) is 1. The molecule has 2 N–H and O–H groups in total. The summed E-state index contributed by atoms with van der Waals surface area (Å²) in [5.74, 6) is 0. The van der Waals surface area contributed by atoms with Crippen LogP contribution < -0.4 is 5.73 Å². The zero-order chi connectivity index (χ0) is 15.3. The van der Waals surface area contributed by atoms with E-state index in [0.29, 0.717) is 12.6 Å². The zero-order valence-corrected chi connectivity index (χ0v) is 13.9. The molecule has 0 aliphatic carbocycles. The van der Waals surface area contributed by atoms with Crippen molar-refractivity contribution < 1.29 is 0 Å². The van der Waals surface area contributed by atoms with E-state index in [0.717, 1.165) is 19.6 Å². The SMILES string of the molecule is CCC(C)N1CCN(CC(C)(CN)c2ccccc2)CC1. The lowest BCUT2D eigenvalue weighted by molar-refractivity contribution is 0.0869. The van der Waals surface area contributed by atoms with Gasteiger partial charge in [0.05, 0.1) is 0 Å². The first-order valence-electron chi connectivity index (χ1n) is 8.31. The second-order valence-corrected chi connectivity index (χ2v) is 6.70. The Morgan fingerprint density at radius 3 is 2.29 bits per heavy atom. The normalized spacial score (nSPS) is 21.9. The van der Waals surface area contributed by atoms with Crippen LogP contribution >= 0.6 is 0 Å². The van der Waals surface area contributed by atoms with Gasteiger partial charge in [-0.15, -0.1) is 0 Å². The molecule has 0 spiro atoms. The van der Waals surface area contributed by atoms with Crippen molar-refractivity contribution in [3.05, 3.63) is 35.9 Å². The average Bonchev–Trinajstić information content (AvgIpc) is 2.55. The molecule has 0 bridgehead atoms. The Kier molecular flexibility index (Phi) is 5.80. The van der Waals surface area contributed by atoms with Crippen LogP contribution in [-0.4, -0.2) is 55.1 Å². The first kappa shape index (κ1) is 16.5. The molecule has 21 heavy (non-hydrogen) atoms. The third kappa shape index (κ3) is 4.06. The Labute approximate surface area is 130 Å². The van der Waals surface area contributed by atoms with Crippen molar-refractivity contribution in [2.24, 2.45) is 5.73 Å². The first-order valence-corrected chi connectivity index (χ1v) is 8.31. The number of hydrogen-bond acceptors (Lipinski definition) is 3. The summed E-state index contributed by atoms with van der Waals surface area (Å²) < 4.78 is 0. The lowest BCUT2D eigenvalue weighted by atomic mass is 9.82. The van der Waals surface area contributed by atoms with Gasteiger partial charge in [0.15, 0.2) is 0 Å². The highest BCUT2D eigenvalue weighted by atomic mass is 15.3. The minimum absolute atomic E-state index is 0.0554. The summed E-state index contributed by atoms with van der Waals surface area (Å²) in [6, 6.07) is 11.4. The number of benzene rings is 1. The topological polar surface area (TPSA) is 32.5 Å². The van der Waals surface area contributed by atoms with E-state index in [1.165, 1.54) is 25.1 Å². The zero-order valence-electron chi connectivity index (χ0n) is 13.9. The molecule has 1 aliphatic rings. The quantitative estimate of drug-likeness (QED) is 0.872. The van der Waals surface area contributed by atoms with Crippen molar-refractivity contribution in [2.75, 3.05) is 39.3 Å². The smallest absolute Gasteiger partial charge is 0.0174 e. The van der Waals surface area contributed by atoms with Gasteiger partial charge in [-0.25, -0.2) is 0 Å². The van der Waals surface area contributed by atoms with E-state index in [4.69, 9.17) is 5.73 Å². The molecule has 0 amide bonds. The summed E-state index contributed by atoms with van der Waals surface area (Å²) in [5.41, 5.74) is 7.53. The molecule has 0 radical (unpaired) electrons. The maximum atomic E-state index is 6.12. The van der Waals surface area contributed by atoms with E-state index in [-0.39, 0.29) is 5.41 Å². The molecule has 1 aromatic rings. The lowest BCUT2D eigenvalue weighted by Crippen LogP contribution is -2.53. The van der Waals surface area contributed by atoms with Gasteiger partial charge in [-0.2, -0.15) is 0 Å². The molecule has 1 aromatic carbocycles. The van der Waals surface area contributed by atoms with Gasteiger partial charge < -0.3 is 5.73 Å². The molecule has 3 heteroatoms. The molecule has 1 saturated heterocycles. The highest BCUT2D eigenvalue weighted by Gasteiger charge is 2.29. The van der Waals surface area contributed by atoms with Gasteiger partial charge in [0.2, 0.25) is 0 Å². The number of rotatable bonds is 6. The van der Waals surface area contributed by atoms with Crippen molar-refractivity contribution in [3.63, 3.8) is 0 Å². The molecule has 1 heterocycles. The Hall–Kier alpha value is -0.900. The Balaban J connectivity index is 1.95. The first-order chi connectivity index (χ1) is 10.1. The second kappa shape index (κ2) is 7.39. The van der Waals surface area contributed by atoms with Gasteiger partial charge in [0.1, 0.15) is 0 Å². The Morgan fingerprint density at radius 2 is 1.76 bits per heavy atom. The van der Waals surface area contributed by atoms with Crippen LogP contribution in [-0.2, 0) is 5.41 Å². The summed E-state index contributed by atoms with van der Waals surface area (Å²) in [5, 5.41) is 0. The number of hydrogen-bond donors (Lipinski definition) is 1. The van der Waals surface area contributed by atoms with Gasteiger partial charge in [-0.05, 0) is 18.9 Å². The molecule has 2 rings (SSSR count). The molecule has 2 atom stereocenters. The van der Waals surface area contributed by atoms with Crippen LogP contribution in [0.15, 0.2) is 30.3 Å². The van der Waals surface area contributed by atoms with Gasteiger partial charge in [-0.1, -0.05) is 44.2 Å². The van der Waals surface area contributed by atoms with Crippen LogP contribution in [0.5, 0.6) is 0 Å². The van der Waals surface area contributed by atoms with Crippen LogP contribution in [0.1, 0.15) is 32.8 Å². The van der Waals surface area contributed by atoms with E-state index >= 15 is 0 Å². The number of piperazine rings is 1. The monoisotopic (exact) mass is 289 g/mol. The third-order valence-corrected chi connectivity index (χ3v) is 5.11. The van der Waals surface area contributed by atoms with Crippen molar-refractivity contribution in [1.29, 1.82) is 0 Å². The fourth-order valence-electron chi connectivity index (χ4n) is 3.23. The molecular weight excluding hydrogens is 258 g/mol. The van der Waals surface area contributed by atoms with Crippen LogP contribution in [0.3, 0.4) is 0 Å². The number of nitrogens with zero attached hydrogens (tertiary/aromatic N) is 2. The van der Waals surface area contributed by atoms with Crippen LogP contribution in [0.2, 0.25) is 0 Å². The van der Waals surface area contributed by atoms with Crippen molar-refractivity contribution >= 4 is 0 Å². The van der Waals surface area contributed by atoms with Gasteiger partial charge >= 0.3 is 0 Å². The summed E-state index contributed by atoms with van der Waals surface area (Å²) in [4.78, 5) is 5.19. The summed E-state index contributed by atoms with van der Waals surface area (Å²) in [6.45, 7) is 13.4. The van der Waals surface area contributed by atoms with Crippen LogP contribution in [0.25, 0.3) is 0 Å². The van der Waals surface area contributed by atoms with Crippen molar-refractivity contribution in [3.8, 4) is 0 Å². The minimum Gasteiger partial charge on any atom is -0.330 e. The largest absolute Gasteiger partial charge is 0.330 e. The lowest BCUT2D eigenvalue weighted by Gasteiger charge is -2.41. The molecule has 118 valence electrons. The van der Waals surface area contributed by atoms with Crippen LogP contribution in [0.4, 0.5) is 0 Å². The average molecular weight is 289 g/mol. The van der Waals surface area contributed by atoms with Crippen molar-refractivity contribution in [2.45, 2.75) is 38.6 Å². The van der Waals surface area contributed by atoms with E-state index in [1.807, 2.05) is 0 Å². The highest BCUT2D eigenvalue weighted by Crippen LogP contribution is 2.24. The molecule has 2 unspecified atom stereocenters. The van der Waals surface area contributed by atoms with E-state index in [1.54, 1.807) is 0 Å². The minimum atomic E-state index is 0.0554. The summed E-state index contributed by atoms with van der Waals surface area (Å²) in [6.07, 6.45) is 1.24. The van der Waals surface area contributed by atoms with Crippen LogP contribution in [0, 0.1) is 0 Å². The van der Waals surface area contributed by atoms with Gasteiger partial charge in [-0.3, -0.25) is 9.80 Å². The van der Waals surface area contributed by atoms with Gasteiger partial charge in [0, 0.05) is 50.7 Å². The third-order valence-electron chi connectivity index (χ3n) is 5.11. The highest BCUT2D eigenvalue weighted by molar-refractivity contribution is 5.25. The maximum Gasteiger partial charge on any atom is 0.0174 e. The summed E-state index contributed by atoms with van der Waals surface area (Å²) in [7, 11) is 0. The molecule has 1 aliphatic heterocycles. The molecular formula is C18H31N3. The fourth-order valence-corrected chi connectivity index (χ4v) is 3.23. The van der Waals surface area contributed by atoms with Gasteiger partial charge in [0.25, 0.3) is 0 Å². The second-order valence-electron chi connectivity index (χ2n) is 6.70. The molecule has 0 saturated carbocycles. The fraction of sp³-hybridized carbons (Fsp3) is 0.667. The van der Waals surface area contributed by atoms with E-state index < -0.39 is 0 Å². The molecule has 3 nitrogen and oxygen atoms in total. The molecule has 1 fully saturated rings. The maximum absolute atomic E-state index is 6.12. The Morgan fingerprint density at radius 1 is 1.14 bits per heavy atom. The predicted octanol–water partition coefficient (Wildman–Crippen LogP) is 2.32. The standard InChI is InChI=1S/C18H31N3/c1-4-16(2)21-12-10-20(11-13-21)15-18(3,14-19)17-8-6-5-7-9-17/h5-9,16H,4,10-15,19H2,1-3H3.